The highest BCUT2D eigenvalue weighted by Crippen LogP contribution is 2.28. The number of benzene rings is 3. The summed E-state index contributed by atoms with van der Waals surface area (Å²) in [5.41, 5.74) is 5.50. The minimum atomic E-state index is -0.340. The topological polar surface area (TPSA) is 26.3 Å². The zero-order chi connectivity index (χ0) is 27.2. The van der Waals surface area contributed by atoms with Crippen LogP contribution in [0.2, 0.25) is 0 Å². The van der Waals surface area contributed by atoms with Gasteiger partial charge >= 0.3 is 5.97 Å². The lowest BCUT2D eigenvalue weighted by molar-refractivity contribution is 0.0734. The van der Waals surface area contributed by atoms with Crippen LogP contribution in [0.1, 0.15) is 105 Å². The SMILES string of the molecule is CC.CC.CC.CC(C)(C)c1ccc(C(=O)Oc2ccc(-c3ccc(C(C)(C)C)cc3)cc2)cc1. The molecule has 0 aliphatic heterocycles. The molecule has 0 amide bonds. The van der Waals surface area contributed by atoms with E-state index in [0.29, 0.717) is 11.3 Å². The molecular weight excluding hydrogens is 428 g/mol. The van der Waals surface area contributed by atoms with Gasteiger partial charge in [0.25, 0.3) is 0 Å². The second-order valence-electron chi connectivity index (χ2n) is 9.57. The van der Waals surface area contributed by atoms with Crippen LogP contribution >= 0.6 is 0 Å². The summed E-state index contributed by atoms with van der Waals surface area (Å²) in [6, 6.07) is 23.9. The lowest BCUT2D eigenvalue weighted by Crippen LogP contribution is -2.12. The summed E-state index contributed by atoms with van der Waals surface area (Å²) >= 11 is 0. The number of esters is 1. The molecule has 0 N–H and O–H groups in total. The van der Waals surface area contributed by atoms with Crippen molar-refractivity contribution in [1.29, 1.82) is 0 Å². The molecule has 2 heteroatoms. The van der Waals surface area contributed by atoms with Crippen molar-refractivity contribution in [2.75, 3.05) is 0 Å². The Labute approximate surface area is 215 Å². The van der Waals surface area contributed by atoms with E-state index in [2.05, 4.69) is 65.8 Å². The predicted molar refractivity (Wildman–Crippen MR) is 155 cm³/mol. The first-order chi connectivity index (χ1) is 16.5. The Balaban J connectivity index is 0.00000179. The van der Waals surface area contributed by atoms with E-state index in [1.165, 1.54) is 11.1 Å². The Morgan fingerprint density at radius 1 is 0.514 bits per heavy atom. The molecule has 0 aliphatic carbocycles. The monoisotopic (exact) mass is 476 g/mol. The van der Waals surface area contributed by atoms with Crippen molar-refractivity contribution >= 4 is 5.97 Å². The molecule has 0 atom stereocenters. The van der Waals surface area contributed by atoms with Gasteiger partial charge in [-0.15, -0.1) is 0 Å². The van der Waals surface area contributed by atoms with Crippen LogP contribution in [0, 0.1) is 0 Å². The zero-order valence-corrected chi connectivity index (χ0v) is 24.2. The van der Waals surface area contributed by atoms with E-state index in [-0.39, 0.29) is 16.8 Å². The van der Waals surface area contributed by atoms with Crippen LogP contribution in [0.25, 0.3) is 11.1 Å². The quantitative estimate of drug-likeness (QED) is 0.277. The first-order valence-electron chi connectivity index (χ1n) is 13.1. The fourth-order valence-corrected chi connectivity index (χ4v) is 3.15. The van der Waals surface area contributed by atoms with Crippen molar-refractivity contribution in [2.45, 2.75) is 93.9 Å². The van der Waals surface area contributed by atoms with E-state index in [1.807, 2.05) is 90.1 Å². The van der Waals surface area contributed by atoms with Gasteiger partial charge in [0.05, 0.1) is 5.56 Å². The summed E-state index contributed by atoms with van der Waals surface area (Å²) in [4.78, 5) is 12.4. The highest BCUT2D eigenvalue weighted by Gasteiger charge is 2.16. The third-order valence-electron chi connectivity index (χ3n) is 5.14. The average Bonchev–Trinajstić information content (AvgIpc) is 2.87. The fraction of sp³-hybridized carbons (Fsp3) is 0.424. The largest absolute Gasteiger partial charge is 0.423 e. The maximum absolute atomic E-state index is 12.4. The Hall–Kier alpha value is -2.87. The van der Waals surface area contributed by atoms with Gasteiger partial charge in [0.1, 0.15) is 5.75 Å². The van der Waals surface area contributed by atoms with Gasteiger partial charge in [-0.2, -0.15) is 0 Å². The molecule has 3 rings (SSSR count). The molecular formula is C33H48O2. The molecule has 3 aromatic carbocycles. The lowest BCUT2D eigenvalue weighted by atomic mass is 9.86. The standard InChI is InChI=1S/C27H30O2.3C2H6/c1-26(2,3)22-13-7-19(8-14-22)20-11-17-24(18-12-20)29-25(28)21-9-15-23(16-10-21)27(4,5)6;3*1-2/h7-18H,1-6H3;3*1-2H3. The van der Waals surface area contributed by atoms with Gasteiger partial charge in [-0.3, -0.25) is 0 Å². The van der Waals surface area contributed by atoms with Crippen molar-refractivity contribution in [3.8, 4) is 16.9 Å². The molecule has 2 nitrogen and oxygen atoms in total. The van der Waals surface area contributed by atoms with Crippen molar-refractivity contribution in [1.82, 2.24) is 0 Å². The lowest BCUT2D eigenvalue weighted by Gasteiger charge is -2.19. The summed E-state index contributed by atoms with van der Waals surface area (Å²) in [5.74, 6) is 0.206. The Kier molecular flexibility index (Phi) is 13.9. The Morgan fingerprint density at radius 2 is 0.829 bits per heavy atom. The van der Waals surface area contributed by atoms with Gasteiger partial charge in [-0.05, 0) is 57.3 Å². The summed E-state index contributed by atoms with van der Waals surface area (Å²) in [6.45, 7) is 25.1. The third-order valence-corrected chi connectivity index (χ3v) is 5.14. The second kappa shape index (κ2) is 15.2. The third kappa shape index (κ3) is 10.1. The minimum Gasteiger partial charge on any atom is -0.423 e. The highest BCUT2D eigenvalue weighted by atomic mass is 16.5. The van der Waals surface area contributed by atoms with Gasteiger partial charge in [0, 0.05) is 0 Å². The molecule has 0 fully saturated rings. The van der Waals surface area contributed by atoms with E-state index in [9.17, 15) is 4.79 Å². The molecule has 0 aromatic heterocycles. The van der Waals surface area contributed by atoms with Crippen molar-refractivity contribution < 1.29 is 9.53 Å². The number of hydrogen-bond donors (Lipinski definition) is 0. The molecule has 0 saturated carbocycles. The number of ether oxygens (including phenoxy) is 1. The van der Waals surface area contributed by atoms with Gasteiger partial charge in [-0.1, -0.05) is 132 Å². The van der Waals surface area contributed by atoms with Crippen molar-refractivity contribution in [3.63, 3.8) is 0 Å². The van der Waals surface area contributed by atoms with Crippen LogP contribution in [0.4, 0.5) is 0 Å². The van der Waals surface area contributed by atoms with Crippen LogP contribution in [-0.4, -0.2) is 5.97 Å². The maximum atomic E-state index is 12.4. The van der Waals surface area contributed by atoms with E-state index in [1.54, 1.807) is 0 Å². The van der Waals surface area contributed by atoms with E-state index in [0.717, 1.165) is 11.1 Å². The van der Waals surface area contributed by atoms with E-state index in [4.69, 9.17) is 4.74 Å². The van der Waals surface area contributed by atoms with Gasteiger partial charge in [0.15, 0.2) is 0 Å². The summed E-state index contributed by atoms with van der Waals surface area (Å²) in [5, 5.41) is 0. The van der Waals surface area contributed by atoms with Gasteiger partial charge in [0.2, 0.25) is 0 Å². The van der Waals surface area contributed by atoms with Crippen LogP contribution in [-0.2, 0) is 10.8 Å². The molecule has 0 heterocycles. The van der Waals surface area contributed by atoms with Gasteiger partial charge < -0.3 is 4.74 Å². The summed E-state index contributed by atoms with van der Waals surface area (Å²) in [7, 11) is 0. The number of carbonyl (C=O) groups is 1. The number of carbonyl (C=O) groups excluding carboxylic acids is 1. The normalized spacial score (nSPS) is 10.4. The average molecular weight is 477 g/mol. The first-order valence-corrected chi connectivity index (χ1v) is 13.1. The highest BCUT2D eigenvalue weighted by molar-refractivity contribution is 5.91. The Morgan fingerprint density at radius 3 is 1.17 bits per heavy atom. The summed E-state index contributed by atoms with van der Waals surface area (Å²) < 4.78 is 5.54. The van der Waals surface area contributed by atoms with E-state index < -0.39 is 0 Å². The molecule has 35 heavy (non-hydrogen) atoms. The van der Waals surface area contributed by atoms with Crippen LogP contribution in [0.15, 0.2) is 72.8 Å². The molecule has 3 aromatic rings. The van der Waals surface area contributed by atoms with Crippen LogP contribution in [0.5, 0.6) is 5.75 Å². The fourth-order valence-electron chi connectivity index (χ4n) is 3.15. The zero-order valence-electron chi connectivity index (χ0n) is 24.2. The summed E-state index contributed by atoms with van der Waals surface area (Å²) in [6.07, 6.45) is 0. The number of hydrogen-bond acceptors (Lipinski definition) is 2. The van der Waals surface area contributed by atoms with Gasteiger partial charge in [-0.25, -0.2) is 4.79 Å². The van der Waals surface area contributed by atoms with Crippen molar-refractivity contribution in [2.24, 2.45) is 0 Å². The predicted octanol–water partition coefficient (Wildman–Crippen LogP) is 10.2. The molecule has 0 spiro atoms. The maximum Gasteiger partial charge on any atom is 0.343 e. The van der Waals surface area contributed by atoms with Crippen LogP contribution in [0.3, 0.4) is 0 Å². The minimum absolute atomic E-state index is 0.0589. The molecule has 0 unspecified atom stereocenters. The first kappa shape index (κ1) is 32.1. The molecule has 0 bridgehead atoms. The van der Waals surface area contributed by atoms with E-state index >= 15 is 0 Å². The molecule has 0 saturated heterocycles. The van der Waals surface area contributed by atoms with Crippen molar-refractivity contribution in [3.05, 3.63) is 89.5 Å². The second-order valence-corrected chi connectivity index (χ2v) is 9.57. The Bertz CT molecular complexity index is 966. The molecule has 192 valence electrons. The van der Waals surface area contributed by atoms with Crippen LogP contribution < -0.4 is 4.74 Å². The smallest absolute Gasteiger partial charge is 0.343 e. The molecule has 0 radical (unpaired) electrons. The number of rotatable bonds is 3. The molecule has 0 aliphatic rings.